The van der Waals surface area contributed by atoms with E-state index in [0.29, 0.717) is 0 Å². The van der Waals surface area contributed by atoms with Crippen LogP contribution in [0.2, 0.25) is 13.1 Å². The molecule has 2 aromatic rings. The van der Waals surface area contributed by atoms with Crippen molar-refractivity contribution in [3.63, 3.8) is 0 Å². The number of nitrogens with zero attached hydrogens (tertiary/aromatic N) is 1. The van der Waals surface area contributed by atoms with Gasteiger partial charge in [0.2, 0.25) is 0 Å². The van der Waals surface area contributed by atoms with E-state index in [1.54, 1.807) is 6.20 Å². The number of fused-ring (bicyclic) bond motifs is 1. The molecule has 1 aromatic heterocycles. The summed E-state index contributed by atoms with van der Waals surface area (Å²) in [6, 6.07) is 12.9. The van der Waals surface area contributed by atoms with Crippen molar-refractivity contribution in [1.29, 1.82) is 0 Å². The quantitative estimate of drug-likeness (QED) is 0.311. The molecule has 0 spiro atoms. The average Bonchev–Trinajstić information content (AvgIpc) is 2.93. The number of rotatable bonds is 1. The van der Waals surface area contributed by atoms with Gasteiger partial charge in [0.15, 0.2) is 7.38 Å². The zero-order valence-corrected chi connectivity index (χ0v) is 18.0. The minimum absolute atomic E-state index is 0. The smallest absolute Gasteiger partial charge is 0.358 e. The van der Waals surface area contributed by atoms with Gasteiger partial charge in [-0.05, 0) is 5.52 Å². The van der Waals surface area contributed by atoms with Crippen molar-refractivity contribution in [1.82, 2.24) is 4.98 Å². The summed E-state index contributed by atoms with van der Waals surface area (Å²) < 4.78 is 0. The molecule has 0 saturated carbocycles. The Morgan fingerprint density at radius 1 is 1.17 bits per heavy atom. The molecule has 0 N–H and O–H groups in total. The number of allylic oxidation sites excluding steroid dienone is 4. The molecule has 6 heteroatoms. The molecule has 1 aromatic carbocycles. The fraction of sp³-hybridized carbons (Fsp3) is 0.176. The third-order valence-electron chi connectivity index (χ3n) is 2.89. The van der Waals surface area contributed by atoms with Crippen LogP contribution in [0.15, 0.2) is 53.9 Å². The van der Waals surface area contributed by atoms with E-state index in [0.717, 1.165) is 17.3 Å². The van der Waals surface area contributed by atoms with Crippen LogP contribution in [0.3, 0.4) is 0 Å². The summed E-state index contributed by atoms with van der Waals surface area (Å²) in [4.78, 5) is 4.13. The Morgan fingerprint density at radius 2 is 1.83 bits per heavy atom. The molecule has 0 atom stereocenters. The first-order valence-electron chi connectivity index (χ1n) is 6.24. The summed E-state index contributed by atoms with van der Waals surface area (Å²) in [5.74, 6) is 0. The minimum Gasteiger partial charge on any atom is -0.358 e. The van der Waals surface area contributed by atoms with Gasteiger partial charge in [-0.15, -0.1) is 42.7 Å². The number of benzene rings is 1. The fourth-order valence-corrected chi connectivity index (χ4v) is 3.14. The molecule has 0 saturated heterocycles. The Kier molecular flexibility index (Phi) is 15.7. The van der Waals surface area contributed by atoms with Gasteiger partial charge < -0.3 is 7.43 Å². The molecule has 0 fully saturated rings. The maximum absolute atomic E-state index is 6.15. The van der Waals surface area contributed by atoms with E-state index in [4.69, 9.17) is 11.1 Å². The Bertz CT molecular complexity index is 559. The van der Waals surface area contributed by atoms with E-state index in [1.165, 1.54) is 5.20 Å². The molecule has 0 aliphatic heterocycles. The van der Waals surface area contributed by atoms with Crippen LogP contribution < -0.4 is 0 Å². The topological polar surface area (TPSA) is 12.9 Å². The normalized spacial score (nSPS) is 11.5. The average molecular weight is 426 g/mol. The maximum atomic E-state index is 6.15. The third-order valence-corrected chi connectivity index (χ3v) is 5.49. The summed E-state index contributed by atoms with van der Waals surface area (Å²) in [5.41, 5.74) is 0.935. The van der Waals surface area contributed by atoms with Crippen LogP contribution in [0.25, 0.3) is 10.9 Å². The Labute approximate surface area is 168 Å². The molecule has 0 amide bonds. The van der Waals surface area contributed by atoms with E-state index >= 15 is 0 Å². The molecule has 1 heterocycles. The monoisotopic (exact) mass is 424 g/mol. The summed E-state index contributed by atoms with van der Waals surface area (Å²) in [6.45, 7) is 4.28. The molecule has 1 aliphatic rings. The van der Waals surface area contributed by atoms with Gasteiger partial charge in [0.05, 0.1) is 0 Å². The van der Waals surface area contributed by atoms with Gasteiger partial charge in [0.25, 0.3) is 0 Å². The molecule has 1 radical (unpaired) electrons. The molecule has 1 nitrogen and oxygen atoms in total. The summed E-state index contributed by atoms with van der Waals surface area (Å²) in [5, 5.41) is 2.54. The van der Waals surface area contributed by atoms with Gasteiger partial charge in [-0.3, -0.25) is 11.1 Å². The van der Waals surface area contributed by atoms with E-state index in [-0.39, 0.29) is 49.6 Å². The third kappa shape index (κ3) is 8.96. The van der Waals surface area contributed by atoms with Crippen LogP contribution in [0, 0.1) is 19.6 Å². The first-order valence-corrected chi connectivity index (χ1v) is 10.2. The predicted octanol–water partition coefficient (Wildman–Crippen LogP) is 5.99. The van der Waals surface area contributed by atoms with Crippen LogP contribution in [0.1, 0.15) is 6.42 Å². The second kappa shape index (κ2) is 13.1. The Morgan fingerprint density at radius 3 is 2.30 bits per heavy atom. The van der Waals surface area contributed by atoms with Gasteiger partial charge >= 0.3 is 17.4 Å². The van der Waals surface area contributed by atoms with E-state index in [1.807, 2.05) is 36.4 Å². The number of pyridine rings is 1. The molecule has 0 unspecified atom stereocenters. The summed E-state index contributed by atoms with van der Waals surface area (Å²) >= 11 is 6.15. The summed E-state index contributed by atoms with van der Waals surface area (Å²) in [7, 11) is -1.48. The maximum Gasteiger partial charge on any atom is 3.00 e. The van der Waals surface area contributed by atoms with Crippen LogP contribution >= 0.6 is 35.9 Å². The van der Waals surface area contributed by atoms with Crippen molar-refractivity contribution in [3.8, 4) is 0 Å². The van der Waals surface area contributed by atoms with Crippen molar-refractivity contribution in [2.45, 2.75) is 19.5 Å². The molecule has 23 heavy (non-hydrogen) atoms. The van der Waals surface area contributed by atoms with Gasteiger partial charge in [-0.1, -0.05) is 19.2 Å². The van der Waals surface area contributed by atoms with Crippen molar-refractivity contribution >= 4 is 54.2 Å². The SMILES string of the molecule is C[Si](C)(Cl)C1=CC=[C-]C1.Cl.Cl.[CH3-].[Cr+3].[c-]1cccc2cccnc12. The van der Waals surface area contributed by atoms with Crippen LogP contribution in [-0.2, 0) is 17.4 Å². The van der Waals surface area contributed by atoms with Crippen LogP contribution in [-0.4, -0.2) is 12.4 Å². The predicted molar refractivity (Wildman–Crippen MR) is 105 cm³/mol. The zero-order valence-electron chi connectivity index (χ0n) is 13.4. The molecule has 0 bridgehead atoms. The van der Waals surface area contributed by atoms with Gasteiger partial charge in [0.1, 0.15) is 0 Å². The molecule has 3 rings (SSSR count). The first kappa shape index (κ1) is 27.6. The number of hydrogen-bond donors (Lipinski definition) is 0. The molecule has 125 valence electrons. The van der Waals surface area contributed by atoms with E-state index in [2.05, 4.69) is 36.3 Å². The number of aromatic nitrogens is 1. The first-order chi connectivity index (χ1) is 9.07. The second-order valence-corrected chi connectivity index (χ2v) is 11.2. The molecular formula is C17H21Cl3CrNSi. The van der Waals surface area contributed by atoms with E-state index < -0.39 is 7.38 Å². The van der Waals surface area contributed by atoms with Crippen LogP contribution in [0.4, 0.5) is 0 Å². The summed E-state index contributed by atoms with van der Waals surface area (Å²) in [6.07, 6.45) is 9.91. The van der Waals surface area contributed by atoms with Gasteiger partial charge in [-0.2, -0.15) is 40.5 Å². The minimum atomic E-state index is -1.48. The number of para-hydroxylation sites is 1. The Balaban J connectivity index is -0.000000298. The van der Waals surface area contributed by atoms with Crippen LogP contribution in [0.5, 0.6) is 0 Å². The van der Waals surface area contributed by atoms with Gasteiger partial charge in [0, 0.05) is 6.20 Å². The fourth-order valence-electron chi connectivity index (χ4n) is 1.75. The number of halogens is 3. The zero-order chi connectivity index (χ0) is 13.7. The van der Waals surface area contributed by atoms with Crippen molar-refractivity contribution in [2.24, 2.45) is 0 Å². The van der Waals surface area contributed by atoms with Gasteiger partial charge in [-0.25, -0.2) is 12.2 Å². The van der Waals surface area contributed by atoms with E-state index in [9.17, 15) is 0 Å². The second-order valence-electron chi connectivity index (χ2n) is 4.82. The van der Waals surface area contributed by atoms with Crippen molar-refractivity contribution in [3.05, 3.63) is 73.4 Å². The molecule has 1 aliphatic carbocycles. The van der Waals surface area contributed by atoms with Crippen molar-refractivity contribution < 1.29 is 17.4 Å². The standard InChI is InChI=1S/C9H6N.C7H10ClSi.CH3.2ClH.Cr/c1-2-6-9-8(4-1)5-3-7-10-9;1-9(2,8)7-5-3-4-6-7;;;;/h1-5,7H;3,5H,6H2,1-2H3;1H3;2*1H;/q3*-1;;;+3. The Hall–Kier alpha value is -0.271. The largest absolute Gasteiger partial charge is 3.00 e. The number of hydrogen-bond acceptors (Lipinski definition) is 1. The molecular weight excluding hydrogens is 405 g/mol. The van der Waals surface area contributed by atoms with Crippen molar-refractivity contribution in [2.75, 3.05) is 0 Å².